The van der Waals surface area contributed by atoms with Crippen molar-refractivity contribution in [2.45, 2.75) is 44.6 Å². The van der Waals surface area contributed by atoms with Crippen LogP contribution in [-0.4, -0.2) is 30.3 Å². The highest BCUT2D eigenvalue weighted by molar-refractivity contribution is 5.55. The molecule has 1 atom stereocenters. The van der Waals surface area contributed by atoms with E-state index in [-0.39, 0.29) is 6.61 Å². The molecule has 1 unspecified atom stereocenters. The monoisotopic (exact) mass is 262 g/mol. The number of para-hydroxylation sites is 1. The SMILES string of the molecule is CCC(N)(CO)CCCN1CCCc2ccccc21. The van der Waals surface area contributed by atoms with Gasteiger partial charge in [0.1, 0.15) is 0 Å². The normalized spacial score (nSPS) is 17.9. The van der Waals surface area contributed by atoms with Crippen molar-refractivity contribution in [3.63, 3.8) is 0 Å². The number of nitrogens with two attached hydrogens (primary N) is 1. The Kier molecular flexibility index (Phi) is 4.83. The Balaban J connectivity index is 1.91. The van der Waals surface area contributed by atoms with E-state index >= 15 is 0 Å². The lowest BCUT2D eigenvalue weighted by molar-refractivity contribution is 0.180. The number of aliphatic hydroxyl groups excluding tert-OH is 1. The third kappa shape index (κ3) is 3.48. The molecule has 0 spiro atoms. The first-order valence-electron chi connectivity index (χ1n) is 7.41. The molecule has 1 aliphatic rings. The quantitative estimate of drug-likeness (QED) is 0.827. The molecule has 0 fully saturated rings. The summed E-state index contributed by atoms with van der Waals surface area (Å²) in [4.78, 5) is 2.46. The molecular formula is C16H26N2O. The summed E-state index contributed by atoms with van der Waals surface area (Å²) in [7, 11) is 0. The predicted molar refractivity (Wildman–Crippen MR) is 80.5 cm³/mol. The second-order valence-electron chi connectivity index (χ2n) is 5.70. The number of rotatable bonds is 6. The van der Waals surface area contributed by atoms with Crippen molar-refractivity contribution >= 4 is 5.69 Å². The van der Waals surface area contributed by atoms with Gasteiger partial charge in [-0.1, -0.05) is 25.1 Å². The molecule has 1 heterocycles. The first kappa shape index (κ1) is 14.4. The molecule has 0 amide bonds. The van der Waals surface area contributed by atoms with Gasteiger partial charge in [-0.15, -0.1) is 0 Å². The van der Waals surface area contributed by atoms with Crippen molar-refractivity contribution in [2.24, 2.45) is 5.73 Å². The fourth-order valence-corrected chi connectivity index (χ4v) is 2.83. The third-order valence-corrected chi connectivity index (χ3v) is 4.33. The maximum atomic E-state index is 9.34. The number of aliphatic hydroxyl groups is 1. The van der Waals surface area contributed by atoms with Crippen LogP contribution in [0.2, 0.25) is 0 Å². The molecule has 0 saturated carbocycles. The van der Waals surface area contributed by atoms with Crippen LogP contribution in [0.3, 0.4) is 0 Å². The van der Waals surface area contributed by atoms with Gasteiger partial charge in [0.2, 0.25) is 0 Å². The minimum Gasteiger partial charge on any atom is -0.394 e. The Morgan fingerprint density at radius 3 is 2.89 bits per heavy atom. The number of anilines is 1. The van der Waals surface area contributed by atoms with Gasteiger partial charge in [0.15, 0.2) is 0 Å². The van der Waals surface area contributed by atoms with Gasteiger partial charge in [0.05, 0.1) is 6.61 Å². The lowest BCUT2D eigenvalue weighted by Gasteiger charge is -2.33. The van der Waals surface area contributed by atoms with Gasteiger partial charge in [0.25, 0.3) is 0 Å². The number of nitrogens with zero attached hydrogens (tertiary/aromatic N) is 1. The van der Waals surface area contributed by atoms with E-state index in [1.54, 1.807) is 0 Å². The van der Waals surface area contributed by atoms with Gasteiger partial charge < -0.3 is 15.7 Å². The van der Waals surface area contributed by atoms with Gasteiger partial charge in [-0.25, -0.2) is 0 Å². The van der Waals surface area contributed by atoms with Crippen LogP contribution in [0.25, 0.3) is 0 Å². The maximum Gasteiger partial charge on any atom is 0.0611 e. The molecular weight excluding hydrogens is 236 g/mol. The van der Waals surface area contributed by atoms with Crippen molar-refractivity contribution in [1.29, 1.82) is 0 Å². The third-order valence-electron chi connectivity index (χ3n) is 4.33. The van der Waals surface area contributed by atoms with E-state index < -0.39 is 5.54 Å². The standard InChI is InChI=1S/C16H26N2O/c1-2-16(17,13-19)10-6-12-18-11-5-8-14-7-3-4-9-15(14)18/h3-4,7,9,19H,2,5-6,8,10-13,17H2,1H3. The molecule has 1 aromatic rings. The Morgan fingerprint density at radius 2 is 2.16 bits per heavy atom. The number of aryl methyl sites for hydroxylation is 1. The topological polar surface area (TPSA) is 49.5 Å². The van der Waals surface area contributed by atoms with E-state index in [4.69, 9.17) is 5.73 Å². The van der Waals surface area contributed by atoms with Gasteiger partial charge in [0, 0.05) is 24.3 Å². The summed E-state index contributed by atoms with van der Waals surface area (Å²) in [6, 6.07) is 8.69. The summed E-state index contributed by atoms with van der Waals surface area (Å²) in [6.45, 7) is 4.31. The summed E-state index contributed by atoms with van der Waals surface area (Å²) in [5.41, 5.74) is 8.59. The molecule has 3 heteroatoms. The molecule has 0 bridgehead atoms. The molecule has 0 aliphatic carbocycles. The molecule has 2 rings (SSSR count). The Morgan fingerprint density at radius 1 is 1.37 bits per heavy atom. The number of hydrogen-bond acceptors (Lipinski definition) is 3. The average molecular weight is 262 g/mol. The summed E-state index contributed by atoms with van der Waals surface area (Å²) in [5.74, 6) is 0. The zero-order chi connectivity index (χ0) is 13.7. The van der Waals surface area contributed by atoms with Crippen LogP contribution < -0.4 is 10.6 Å². The Hall–Kier alpha value is -1.06. The molecule has 19 heavy (non-hydrogen) atoms. The van der Waals surface area contributed by atoms with Crippen LogP contribution in [-0.2, 0) is 6.42 Å². The molecule has 0 radical (unpaired) electrons. The minimum absolute atomic E-state index is 0.0834. The van der Waals surface area contributed by atoms with Crippen molar-refractivity contribution in [1.82, 2.24) is 0 Å². The van der Waals surface area contributed by atoms with E-state index in [1.807, 2.05) is 6.92 Å². The van der Waals surface area contributed by atoms with Crippen LogP contribution in [0, 0.1) is 0 Å². The fraction of sp³-hybridized carbons (Fsp3) is 0.625. The molecule has 0 aromatic heterocycles. The summed E-state index contributed by atoms with van der Waals surface area (Å²) in [6.07, 6.45) is 5.19. The lowest BCUT2D eigenvalue weighted by Crippen LogP contribution is -2.43. The smallest absolute Gasteiger partial charge is 0.0611 e. The lowest BCUT2D eigenvalue weighted by atomic mass is 9.92. The summed E-state index contributed by atoms with van der Waals surface area (Å²) in [5, 5.41) is 9.34. The van der Waals surface area contributed by atoms with Crippen LogP contribution in [0.15, 0.2) is 24.3 Å². The summed E-state index contributed by atoms with van der Waals surface area (Å²) < 4.78 is 0. The molecule has 3 nitrogen and oxygen atoms in total. The minimum atomic E-state index is -0.394. The van der Waals surface area contributed by atoms with E-state index in [0.717, 1.165) is 32.4 Å². The number of benzene rings is 1. The fourth-order valence-electron chi connectivity index (χ4n) is 2.83. The van der Waals surface area contributed by atoms with E-state index in [1.165, 1.54) is 24.1 Å². The van der Waals surface area contributed by atoms with Crippen LogP contribution in [0.1, 0.15) is 38.2 Å². The molecule has 3 N–H and O–H groups in total. The molecule has 1 aromatic carbocycles. The Bertz CT molecular complexity index is 401. The average Bonchev–Trinajstić information content (AvgIpc) is 2.47. The van der Waals surface area contributed by atoms with Crippen molar-refractivity contribution in [2.75, 3.05) is 24.6 Å². The van der Waals surface area contributed by atoms with Gasteiger partial charge in [-0.3, -0.25) is 0 Å². The molecule has 1 aliphatic heterocycles. The van der Waals surface area contributed by atoms with Crippen LogP contribution in [0.4, 0.5) is 5.69 Å². The largest absolute Gasteiger partial charge is 0.394 e. The first-order chi connectivity index (χ1) is 9.18. The highest BCUT2D eigenvalue weighted by Gasteiger charge is 2.22. The van der Waals surface area contributed by atoms with Crippen LogP contribution >= 0.6 is 0 Å². The first-order valence-corrected chi connectivity index (χ1v) is 7.41. The van der Waals surface area contributed by atoms with Gasteiger partial charge >= 0.3 is 0 Å². The zero-order valence-electron chi connectivity index (χ0n) is 11.9. The number of hydrogen-bond donors (Lipinski definition) is 2. The zero-order valence-corrected chi connectivity index (χ0v) is 11.9. The van der Waals surface area contributed by atoms with E-state index in [2.05, 4.69) is 29.2 Å². The van der Waals surface area contributed by atoms with Crippen molar-refractivity contribution < 1.29 is 5.11 Å². The van der Waals surface area contributed by atoms with Crippen molar-refractivity contribution in [3.8, 4) is 0 Å². The second-order valence-corrected chi connectivity index (χ2v) is 5.70. The second kappa shape index (κ2) is 6.40. The molecule has 0 saturated heterocycles. The number of fused-ring (bicyclic) bond motifs is 1. The van der Waals surface area contributed by atoms with Gasteiger partial charge in [-0.05, 0) is 43.7 Å². The maximum absolute atomic E-state index is 9.34. The highest BCUT2D eigenvalue weighted by Crippen LogP contribution is 2.27. The van der Waals surface area contributed by atoms with Crippen LogP contribution in [0.5, 0.6) is 0 Å². The summed E-state index contributed by atoms with van der Waals surface area (Å²) >= 11 is 0. The van der Waals surface area contributed by atoms with E-state index in [0.29, 0.717) is 0 Å². The van der Waals surface area contributed by atoms with Crippen molar-refractivity contribution in [3.05, 3.63) is 29.8 Å². The Labute approximate surface area is 116 Å². The van der Waals surface area contributed by atoms with E-state index in [9.17, 15) is 5.11 Å². The molecule has 106 valence electrons. The van der Waals surface area contributed by atoms with Gasteiger partial charge in [-0.2, -0.15) is 0 Å². The highest BCUT2D eigenvalue weighted by atomic mass is 16.3. The predicted octanol–water partition coefficient (Wildman–Crippen LogP) is 2.32.